The van der Waals surface area contributed by atoms with Gasteiger partial charge in [0.15, 0.2) is 0 Å². The third-order valence-electron chi connectivity index (χ3n) is 2.54. The average molecular weight is 219 g/mol. The van der Waals surface area contributed by atoms with E-state index in [1.165, 1.54) is 0 Å². The van der Waals surface area contributed by atoms with Crippen LogP contribution in [0.3, 0.4) is 0 Å². The molecule has 13 heavy (non-hydrogen) atoms. The molecule has 0 aromatic heterocycles. The van der Waals surface area contributed by atoms with E-state index in [2.05, 4.69) is 39.1 Å². The molecular formula is C9H17NOS2. The number of likely N-dealkylation sites (tertiary alicyclic amines) is 1. The van der Waals surface area contributed by atoms with Crippen LogP contribution in [0.1, 0.15) is 20.3 Å². The minimum atomic E-state index is 0.114. The normalized spacial score (nSPS) is 29.0. The molecule has 0 unspecified atom stereocenters. The summed E-state index contributed by atoms with van der Waals surface area (Å²) in [6.07, 6.45) is 0.921. The second kappa shape index (κ2) is 4.60. The molecule has 1 rings (SSSR count). The molecule has 1 saturated heterocycles. The summed E-state index contributed by atoms with van der Waals surface area (Å²) in [6, 6.07) is 0.600. The van der Waals surface area contributed by atoms with E-state index < -0.39 is 0 Å². The first-order valence-corrected chi connectivity index (χ1v) is 5.92. The van der Waals surface area contributed by atoms with Crippen LogP contribution >= 0.6 is 25.3 Å². The second-order valence-electron chi connectivity index (χ2n) is 3.79. The van der Waals surface area contributed by atoms with Crippen LogP contribution in [0.25, 0.3) is 0 Å². The Labute approximate surface area is 90.9 Å². The van der Waals surface area contributed by atoms with Gasteiger partial charge in [0.2, 0.25) is 5.91 Å². The number of rotatable bonds is 3. The van der Waals surface area contributed by atoms with Gasteiger partial charge in [0.05, 0.1) is 0 Å². The molecule has 0 aromatic rings. The van der Waals surface area contributed by atoms with Crippen molar-refractivity contribution in [1.82, 2.24) is 4.90 Å². The minimum Gasteiger partial charge on any atom is -0.336 e. The summed E-state index contributed by atoms with van der Waals surface area (Å²) in [5.74, 6) is 1.78. The molecule has 2 nitrogen and oxygen atoms in total. The van der Waals surface area contributed by atoms with E-state index in [9.17, 15) is 4.79 Å². The highest BCUT2D eigenvalue weighted by molar-refractivity contribution is 7.80. The number of hydrogen-bond donors (Lipinski definition) is 2. The van der Waals surface area contributed by atoms with E-state index in [4.69, 9.17) is 0 Å². The lowest BCUT2D eigenvalue weighted by Gasteiger charge is -2.27. The van der Waals surface area contributed by atoms with Gasteiger partial charge in [0.25, 0.3) is 0 Å². The van der Waals surface area contributed by atoms with Crippen LogP contribution in [-0.2, 0) is 4.79 Å². The van der Waals surface area contributed by atoms with Crippen LogP contribution in [0, 0.1) is 5.92 Å². The predicted molar refractivity (Wildman–Crippen MR) is 61.6 cm³/mol. The summed E-state index contributed by atoms with van der Waals surface area (Å²) in [7, 11) is 0. The monoisotopic (exact) mass is 219 g/mol. The maximum absolute atomic E-state index is 11.8. The minimum absolute atomic E-state index is 0.114. The number of amides is 1. The Morgan fingerprint density at radius 2 is 2.08 bits per heavy atom. The summed E-state index contributed by atoms with van der Waals surface area (Å²) >= 11 is 8.46. The Morgan fingerprint density at radius 3 is 2.38 bits per heavy atom. The number of thiol groups is 2. The van der Waals surface area contributed by atoms with Gasteiger partial charge >= 0.3 is 0 Å². The van der Waals surface area contributed by atoms with Gasteiger partial charge in [-0.05, 0) is 20.3 Å². The fraction of sp³-hybridized carbons (Fsp3) is 0.889. The number of carbonyl (C=O) groups is 1. The molecule has 0 spiro atoms. The van der Waals surface area contributed by atoms with E-state index in [1.54, 1.807) is 0 Å². The van der Waals surface area contributed by atoms with Crippen molar-refractivity contribution in [1.29, 1.82) is 0 Å². The SMILES string of the molecule is CC(C)N1C(=O)[C@@H](CS)C[C@@H]1CS. The predicted octanol–water partition coefficient (Wildman–Crippen LogP) is 1.47. The summed E-state index contributed by atoms with van der Waals surface area (Å²) in [4.78, 5) is 13.7. The lowest BCUT2D eigenvalue weighted by atomic mass is 10.1. The lowest BCUT2D eigenvalue weighted by molar-refractivity contribution is -0.132. The highest BCUT2D eigenvalue weighted by Gasteiger charge is 2.38. The first kappa shape index (κ1) is 11.2. The van der Waals surface area contributed by atoms with Gasteiger partial charge in [-0.1, -0.05) is 0 Å². The van der Waals surface area contributed by atoms with E-state index in [0.717, 1.165) is 12.2 Å². The van der Waals surface area contributed by atoms with Crippen molar-refractivity contribution in [3.8, 4) is 0 Å². The molecule has 0 bridgehead atoms. The highest BCUT2D eigenvalue weighted by atomic mass is 32.1. The van der Waals surface area contributed by atoms with Gasteiger partial charge < -0.3 is 4.90 Å². The highest BCUT2D eigenvalue weighted by Crippen LogP contribution is 2.28. The van der Waals surface area contributed by atoms with Crippen molar-refractivity contribution in [2.75, 3.05) is 11.5 Å². The third kappa shape index (κ3) is 2.15. The topological polar surface area (TPSA) is 20.3 Å². The quantitative estimate of drug-likeness (QED) is 0.689. The molecular weight excluding hydrogens is 202 g/mol. The molecule has 0 radical (unpaired) electrons. The van der Waals surface area contributed by atoms with Crippen LogP contribution in [-0.4, -0.2) is 34.4 Å². The molecule has 0 N–H and O–H groups in total. The molecule has 0 aliphatic carbocycles. The molecule has 1 fully saturated rings. The fourth-order valence-electron chi connectivity index (χ4n) is 1.92. The summed E-state index contributed by atoms with van der Waals surface area (Å²) in [5.41, 5.74) is 0. The van der Waals surface area contributed by atoms with Gasteiger partial charge in [-0.15, -0.1) is 0 Å². The molecule has 1 aliphatic heterocycles. The van der Waals surface area contributed by atoms with E-state index in [0.29, 0.717) is 11.8 Å². The first-order chi connectivity index (χ1) is 6.11. The summed E-state index contributed by atoms with van der Waals surface area (Å²) in [5, 5.41) is 0. The van der Waals surface area contributed by atoms with Crippen molar-refractivity contribution in [2.24, 2.45) is 5.92 Å². The van der Waals surface area contributed by atoms with Gasteiger partial charge in [-0.3, -0.25) is 4.79 Å². The van der Waals surface area contributed by atoms with E-state index >= 15 is 0 Å². The smallest absolute Gasteiger partial charge is 0.227 e. The Hall–Kier alpha value is 0.170. The number of nitrogens with zero attached hydrogens (tertiary/aromatic N) is 1. The Balaban J connectivity index is 2.74. The van der Waals surface area contributed by atoms with E-state index in [1.807, 2.05) is 4.90 Å². The van der Waals surface area contributed by atoms with Crippen molar-refractivity contribution >= 4 is 31.2 Å². The zero-order valence-electron chi connectivity index (χ0n) is 8.10. The standard InChI is InChI=1S/C9H17NOS2/c1-6(2)10-8(5-13)3-7(4-12)9(10)11/h6-8,12-13H,3-5H2,1-2H3/t7-,8-/m1/s1. The average Bonchev–Trinajstić information content (AvgIpc) is 2.41. The molecule has 1 amide bonds. The van der Waals surface area contributed by atoms with Crippen molar-refractivity contribution < 1.29 is 4.79 Å². The zero-order valence-corrected chi connectivity index (χ0v) is 9.89. The van der Waals surface area contributed by atoms with Crippen molar-refractivity contribution in [3.63, 3.8) is 0 Å². The number of hydrogen-bond acceptors (Lipinski definition) is 3. The maximum atomic E-state index is 11.8. The van der Waals surface area contributed by atoms with Crippen LogP contribution in [0.4, 0.5) is 0 Å². The van der Waals surface area contributed by atoms with Crippen LogP contribution in [0.2, 0.25) is 0 Å². The molecule has 0 aromatic carbocycles. The van der Waals surface area contributed by atoms with Crippen molar-refractivity contribution in [2.45, 2.75) is 32.4 Å². The van der Waals surface area contributed by atoms with Crippen LogP contribution in [0.5, 0.6) is 0 Å². The molecule has 4 heteroatoms. The zero-order chi connectivity index (χ0) is 10.0. The fourth-order valence-corrected chi connectivity index (χ4v) is 2.56. The van der Waals surface area contributed by atoms with Gasteiger partial charge in [-0.25, -0.2) is 0 Å². The van der Waals surface area contributed by atoms with Gasteiger partial charge in [0.1, 0.15) is 0 Å². The molecule has 1 aliphatic rings. The largest absolute Gasteiger partial charge is 0.336 e. The Kier molecular flexibility index (Phi) is 3.98. The Morgan fingerprint density at radius 1 is 1.46 bits per heavy atom. The van der Waals surface area contributed by atoms with Crippen LogP contribution < -0.4 is 0 Å². The lowest BCUT2D eigenvalue weighted by Crippen LogP contribution is -2.40. The van der Waals surface area contributed by atoms with Crippen molar-refractivity contribution in [3.05, 3.63) is 0 Å². The first-order valence-electron chi connectivity index (χ1n) is 4.65. The maximum Gasteiger partial charge on any atom is 0.227 e. The molecule has 0 saturated carbocycles. The summed E-state index contributed by atoms with van der Waals surface area (Å²) in [6.45, 7) is 4.10. The molecule has 76 valence electrons. The molecule has 2 atom stereocenters. The van der Waals surface area contributed by atoms with Crippen LogP contribution in [0.15, 0.2) is 0 Å². The second-order valence-corrected chi connectivity index (χ2v) is 4.52. The van der Waals surface area contributed by atoms with Gasteiger partial charge in [-0.2, -0.15) is 25.3 Å². The third-order valence-corrected chi connectivity index (χ3v) is 3.40. The van der Waals surface area contributed by atoms with E-state index in [-0.39, 0.29) is 17.9 Å². The summed E-state index contributed by atoms with van der Waals surface area (Å²) < 4.78 is 0. The Bertz CT molecular complexity index is 196. The molecule has 1 heterocycles. The van der Waals surface area contributed by atoms with Gasteiger partial charge in [0, 0.05) is 29.5 Å². The number of carbonyl (C=O) groups excluding carboxylic acids is 1.